The molecule has 2 aromatic heterocycles. The Morgan fingerprint density at radius 3 is 2.71 bits per heavy atom. The molecule has 3 nitrogen and oxygen atoms in total. The molecule has 1 saturated heterocycles. The zero-order chi connectivity index (χ0) is 14.8. The van der Waals surface area contributed by atoms with Crippen LogP contribution in [-0.2, 0) is 0 Å². The molecular formula is C17H22FN3. The summed E-state index contributed by atoms with van der Waals surface area (Å²) in [7, 11) is 0. The second-order valence-electron chi connectivity index (χ2n) is 7.52. The first kappa shape index (κ1) is 13.1. The lowest BCUT2D eigenvalue weighted by atomic mass is 9.49. The van der Waals surface area contributed by atoms with Gasteiger partial charge < -0.3 is 4.90 Å². The maximum absolute atomic E-state index is 13.6. The van der Waals surface area contributed by atoms with E-state index >= 15 is 0 Å². The minimum atomic E-state index is -0.692. The highest BCUT2D eigenvalue weighted by Crippen LogP contribution is 2.61. The molecule has 0 amide bonds. The van der Waals surface area contributed by atoms with Crippen LogP contribution in [0, 0.1) is 17.8 Å². The van der Waals surface area contributed by atoms with E-state index < -0.39 is 6.17 Å². The average molecular weight is 287 g/mol. The van der Waals surface area contributed by atoms with Gasteiger partial charge in [-0.15, -0.1) is 0 Å². The van der Waals surface area contributed by atoms with Crippen molar-refractivity contribution >= 4 is 11.2 Å². The summed E-state index contributed by atoms with van der Waals surface area (Å²) in [6.45, 7) is 8.02. The van der Waals surface area contributed by atoms with E-state index in [-0.39, 0.29) is 5.41 Å². The minimum Gasteiger partial charge on any atom is -0.370 e. The maximum atomic E-state index is 13.6. The first-order chi connectivity index (χ1) is 9.91. The molecule has 3 heterocycles. The maximum Gasteiger partial charge on any atom is 0.103 e. The summed E-state index contributed by atoms with van der Waals surface area (Å²) < 4.78 is 15.5. The highest BCUT2D eigenvalue weighted by Gasteiger charge is 2.59. The number of halogens is 1. The molecule has 21 heavy (non-hydrogen) atoms. The molecule has 2 aromatic rings. The molecule has 2 aliphatic rings. The van der Waals surface area contributed by atoms with Crippen LogP contribution in [0.5, 0.6) is 0 Å². The van der Waals surface area contributed by atoms with Crippen LogP contribution in [0.2, 0.25) is 0 Å². The first-order valence-corrected chi connectivity index (χ1v) is 7.74. The summed E-state index contributed by atoms with van der Waals surface area (Å²) in [5.74, 6) is 0. The van der Waals surface area contributed by atoms with E-state index in [9.17, 15) is 4.39 Å². The van der Waals surface area contributed by atoms with Gasteiger partial charge in [-0.25, -0.2) is 8.91 Å². The van der Waals surface area contributed by atoms with Crippen LogP contribution < -0.4 is 4.90 Å². The van der Waals surface area contributed by atoms with Gasteiger partial charge in [0, 0.05) is 30.4 Å². The van der Waals surface area contributed by atoms with Crippen molar-refractivity contribution < 1.29 is 4.39 Å². The number of hydrogen-bond donors (Lipinski definition) is 0. The van der Waals surface area contributed by atoms with Crippen LogP contribution in [0.1, 0.15) is 32.3 Å². The Hall–Kier alpha value is -1.58. The van der Waals surface area contributed by atoms with Gasteiger partial charge in [0.2, 0.25) is 0 Å². The van der Waals surface area contributed by atoms with E-state index in [1.54, 1.807) is 6.92 Å². The largest absolute Gasteiger partial charge is 0.370 e. The van der Waals surface area contributed by atoms with Crippen LogP contribution in [-0.4, -0.2) is 28.9 Å². The minimum absolute atomic E-state index is 0.0852. The number of nitrogens with zero attached hydrogens (tertiary/aromatic N) is 3. The van der Waals surface area contributed by atoms with Crippen molar-refractivity contribution in [3.8, 4) is 0 Å². The SMILES string of the molecule is Cc1cnn2ccc(N3CC4(C3)CC(C)(C(C)F)C4)cc12. The number of pyridine rings is 1. The number of anilines is 1. The Kier molecular flexibility index (Phi) is 2.49. The fourth-order valence-electron chi connectivity index (χ4n) is 4.40. The number of rotatable bonds is 2. The van der Waals surface area contributed by atoms with E-state index in [1.807, 2.05) is 16.9 Å². The van der Waals surface area contributed by atoms with E-state index in [2.05, 4.69) is 36.0 Å². The third kappa shape index (κ3) is 1.81. The van der Waals surface area contributed by atoms with Gasteiger partial charge in [-0.05, 0) is 49.8 Å². The van der Waals surface area contributed by atoms with E-state index in [4.69, 9.17) is 0 Å². The summed E-state index contributed by atoms with van der Waals surface area (Å²) in [4.78, 5) is 2.41. The molecular weight excluding hydrogens is 265 g/mol. The van der Waals surface area contributed by atoms with Gasteiger partial charge in [0.05, 0.1) is 11.7 Å². The summed E-state index contributed by atoms with van der Waals surface area (Å²) >= 11 is 0. The lowest BCUT2D eigenvalue weighted by molar-refractivity contribution is -0.0904. The third-order valence-electron chi connectivity index (χ3n) is 5.63. The fourth-order valence-corrected chi connectivity index (χ4v) is 4.40. The molecule has 1 aliphatic heterocycles. The van der Waals surface area contributed by atoms with Crippen molar-refractivity contribution in [2.75, 3.05) is 18.0 Å². The quantitative estimate of drug-likeness (QED) is 0.841. The van der Waals surface area contributed by atoms with Crippen LogP contribution >= 0.6 is 0 Å². The van der Waals surface area contributed by atoms with E-state index in [1.165, 1.54) is 16.8 Å². The van der Waals surface area contributed by atoms with Crippen molar-refractivity contribution in [2.45, 2.75) is 39.8 Å². The van der Waals surface area contributed by atoms with Crippen molar-refractivity contribution in [1.29, 1.82) is 0 Å². The topological polar surface area (TPSA) is 20.5 Å². The van der Waals surface area contributed by atoms with Gasteiger partial charge in [-0.2, -0.15) is 5.10 Å². The lowest BCUT2D eigenvalue weighted by Crippen LogP contribution is -2.66. The molecule has 1 aliphatic carbocycles. The third-order valence-corrected chi connectivity index (χ3v) is 5.63. The van der Waals surface area contributed by atoms with Gasteiger partial charge >= 0.3 is 0 Å². The molecule has 1 saturated carbocycles. The smallest absolute Gasteiger partial charge is 0.103 e. The average Bonchev–Trinajstić information content (AvgIpc) is 2.73. The Morgan fingerprint density at radius 2 is 2.05 bits per heavy atom. The van der Waals surface area contributed by atoms with Gasteiger partial charge in [0.15, 0.2) is 0 Å². The van der Waals surface area contributed by atoms with Crippen molar-refractivity contribution in [1.82, 2.24) is 9.61 Å². The van der Waals surface area contributed by atoms with Crippen molar-refractivity contribution in [3.05, 3.63) is 30.1 Å². The molecule has 1 unspecified atom stereocenters. The Morgan fingerprint density at radius 1 is 1.33 bits per heavy atom. The second kappa shape index (κ2) is 3.99. The van der Waals surface area contributed by atoms with Crippen molar-refractivity contribution in [3.63, 3.8) is 0 Å². The van der Waals surface area contributed by atoms with Gasteiger partial charge in [-0.1, -0.05) is 6.92 Å². The van der Waals surface area contributed by atoms with E-state index in [0.717, 1.165) is 25.9 Å². The second-order valence-corrected chi connectivity index (χ2v) is 7.52. The molecule has 1 atom stereocenters. The summed E-state index contributed by atoms with van der Waals surface area (Å²) in [6, 6.07) is 4.34. The number of fused-ring (bicyclic) bond motifs is 1. The Balaban J connectivity index is 1.49. The predicted octanol–water partition coefficient (Wildman–Crippen LogP) is 3.61. The Labute approximate surface area is 124 Å². The van der Waals surface area contributed by atoms with Gasteiger partial charge in [-0.3, -0.25) is 0 Å². The molecule has 0 aromatic carbocycles. The molecule has 1 spiro atoms. The monoisotopic (exact) mass is 287 g/mol. The van der Waals surface area contributed by atoms with Crippen LogP contribution in [0.3, 0.4) is 0 Å². The number of alkyl halides is 1. The molecule has 0 bridgehead atoms. The summed E-state index contributed by atoms with van der Waals surface area (Å²) in [6.07, 6.45) is 5.29. The highest BCUT2D eigenvalue weighted by atomic mass is 19.1. The molecule has 4 rings (SSSR count). The highest BCUT2D eigenvalue weighted by molar-refractivity contribution is 5.64. The van der Waals surface area contributed by atoms with Crippen LogP contribution in [0.4, 0.5) is 10.1 Å². The molecule has 4 heteroatoms. The summed E-state index contributed by atoms with van der Waals surface area (Å²) in [5.41, 5.74) is 3.92. The summed E-state index contributed by atoms with van der Waals surface area (Å²) in [5, 5.41) is 4.31. The molecule has 112 valence electrons. The molecule has 0 radical (unpaired) electrons. The van der Waals surface area contributed by atoms with Crippen LogP contribution in [0.15, 0.2) is 24.5 Å². The molecule has 2 fully saturated rings. The fraction of sp³-hybridized carbons (Fsp3) is 0.588. The normalized spacial score (nSPS) is 23.9. The first-order valence-electron chi connectivity index (χ1n) is 7.74. The number of aryl methyl sites for hydroxylation is 1. The zero-order valence-electron chi connectivity index (χ0n) is 12.9. The van der Waals surface area contributed by atoms with Crippen LogP contribution in [0.25, 0.3) is 5.52 Å². The zero-order valence-corrected chi connectivity index (χ0v) is 12.9. The Bertz CT molecular complexity index is 689. The van der Waals surface area contributed by atoms with Gasteiger partial charge in [0.25, 0.3) is 0 Å². The van der Waals surface area contributed by atoms with Crippen molar-refractivity contribution in [2.24, 2.45) is 10.8 Å². The standard InChI is InChI=1S/C17H22FN3/c1-12-7-19-21-5-4-14(6-15(12)21)20-10-17(11-20)8-16(3,9-17)13(2)18/h4-7,13H,8-11H2,1-3H3. The van der Waals surface area contributed by atoms with Gasteiger partial charge in [0.1, 0.15) is 6.17 Å². The number of aromatic nitrogens is 2. The predicted molar refractivity (Wildman–Crippen MR) is 82.5 cm³/mol. The number of hydrogen-bond acceptors (Lipinski definition) is 2. The van der Waals surface area contributed by atoms with E-state index in [0.29, 0.717) is 5.41 Å². The lowest BCUT2D eigenvalue weighted by Gasteiger charge is -2.64. The molecule has 0 N–H and O–H groups in total.